The van der Waals surface area contributed by atoms with E-state index >= 15 is 0 Å². The molecule has 0 aliphatic heterocycles. The topological polar surface area (TPSA) is 359 Å². The van der Waals surface area contributed by atoms with Crippen molar-refractivity contribution in [2.75, 3.05) is 0 Å². The van der Waals surface area contributed by atoms with Gasteiger partial charge in [-0.3, -0.25) is 19.2 Å². The summed E-state index contributed by atoms with van der Waals surface area (Å²) in [5, 5.41) is 67.6. The maximum atomic E-state index is 10.3. The Kier molecular flexibility index (Phi) is 18.5. The quantitative estimate of drug-likeness (QED) is 0.158. The normalized spacial score (nSPS) is 9.72. The second-order valence-corrected chi connectivity index (χ2v) is 4.96. The molecular formula is C12H22O17. The van der Waals surface area contributed by atoms with E-state index in [1.807, 2.05) is 0 Å². The van der Waals surface area contributed by atoms with Crippen LogP contribution in [0.2, 0.25) is 0 Å². The van der Waals surface area contributed by atoms with Gasteiger partial charge < -0.3 is 57.3 Å². The number of aliphatic hydroxyl groups is 2. The van der Waals surface area contributed by atoms with Gasteiger partial charge in [0, 0.05) is 0 Å². The molecule has 0 unspecified atom stereocenters. The zero-order chi connectivity index (χ0) is 21.3. The van der Waals surface area contributed by atoms with Gasteiger partial charge in [0.2, 0.25) is 0 Å². The fourth-order valence-corrected chi connectivity index (χ4v) is 1.43. The molecule has 0 aromatic carbocycles. The van der Waals surface area contributed by atoms with Gasteiger partial charge in [-0.05, 0) is 0 Å². The third kappa shape index (κ3) is 15.4. The number of aliphatic carboxylic acids is 6. The molecule has 0 atom stereocenters. The summed E-state index contributed by atoms with van der Waals surface area (Å²) in [5.74, 6) is -10.0. The first-order valence-corrected chi connectivity index (χ1v) is 6.34. The molecule has 172 valence electrons. The summed E-state index contributed by atoms with van der Waals surface area (Å²) >= 11 is 0. The van der Waals surface area contributed by atoms with Gasteiger partial charge in [0.25, 0.3) is 0 Å². The maximum Gasteiger partial charge on any atom is 0.336 e. The van der Waals surface area contributed by atoms with Crippen molar-refractivity contribution in [2.45, 2.75) is 36.9 Å². The van der Waals surface area contributed by atoms with Gasteiger partial charge >= 0.3 is 35.8 Å². The predicted molar refractivity (Wildman–Crippen MR) is 85.0 cm³/mol. The molecule has 14 N–H and O–H groups in total. The van der Waals surface area contributed by atoms with Crippen LogP contribution in [0.4, 0.5) is 0 Å². The molecule has 0 saturated heterocycles. The van der Waals surface area contributed by atoms with Gasteiger partial charge in [0.1, 0.15) is 0 Å². The number of hydrogen-bond donors (Lipinski definition) is 8. The van der Waals surface area contributed by atoms with Crippen LogP contribution in [0.3, 0.4) is 0 Å². The van der Waals surface area contributed by atoms with E-state index in [1.54, 1.807) is 0 Å². The van der Waals surface area contributed by atoms with Crippen LogP contribution >= 0.6 is 0 Å². The van der Waals surface area contributed by atoms with Crippen LogP contribution in [0.15, 0.2) is 0 Å². The summed E-state index contributed by atoms with van der Waals surface area (Å²) in [5.41, 5.74) is -5.48. The first-order valence-electron chi connectivity index (χ1n) is 6.34. The van der Waals surface area contributed by atoms with Crippen molar-refractivity contribution in [3.63, 3.8) is 0 Å². The fraction of sp³-hybridized carbons (Fsp3) is 0.500. The van der Waals surface area contributed by atoms with Crippen molar-refractivity contribution in [2.24, 2.45) is 0 Å². The molecule has 0 amide bonds. The van der Waals surface area contributed by atoms with Crippen LogP contribution in [0.5, 0.6) is 0 Å². The number of hydrogen-bond acceptors (Lipinski definition) is 8. The van der Waals surface area contributed by atoms with Crippen molar-refractivity contribution in [3.8, 4) is 0 Å². The van der Waals surface area contributed by atoms with E-state index in [0.717, 1.165) is 0 Å². The fourth-order valence-electron chi connectivity index (χ4n) is 1.43. The lowest BCUT2D eigenvalue weighted by atomic mass is 9.96. The Morgan fingerprint density at radius 1 is 0.448 bits per heavy atom. The summed E-state index contributed by atoms with van der Waals surface area (Å²) in [6.45, 7) is 0. The number of carbonyl (C=O) groups is 6. The lowest BCUT2D eigenvalue weighted by molar-refractivity contribution is -0.170. The molecule has 0 aliphatic rings. The summed E-state index contributed by atoms with van der Waals surface area (Å²) in [7, 11) is 0. The van der Waals surface area contributed by atoms with Gasteiger partial charge in [-0.15, -0.1) is 0 Å². The third-order valence-electron chi connectivity index (χ3n) is 2.57. The van der Waals surface area contributed by atoms with Crippen LogP contribution in [0.25, 0.3) is 0 Å². The van der Waals surface area contributed by atoms with Gasteiger partial charge in [-0.25, -0.2) is 9.59 Å². The second-order valence-electron chi connectivity index (χ2n) is 4.96. The average Bonchev–Trinajstić information content (AvgIpc) is 2.34. The first kappa shape index (κ1) is 36.5. The van der Waals surface area contributed by atoms with Crippen LogP contribution in [0.1, 0.15) is 25.7 Å². The molecule has 0 aliphatic carbocycles. The van der Waals surface area contributed by atoms with E-state index in [-0.39, 0.29) is 16.4 Å². The van der Waals surface area contributed by atoms with Gasteiger partial charge in [0.05, 0.1) is 25.7 Å². The second kappa shape index (κ2) is 14.6. The molecule has 0 aromatic rings. The molecule has 0 heterocycles. The highest BCUT2D eigenvalue weighted by atomic mass is 16.4. The Labute approximate surface area is 160 Å². The standard InChI is InChI=1S/2C6H8O7.3H2O/c2*7-3(8)1-6(13,5(11)12)2-4(9)10;;;/h2*13H,1-2H2,(H,7,8)(H,9,10)(H,11,12);3*1H2. The minimum atomic E-state index is -2.74. The van der Waals surface area contributed by atoms with E-state index in [2.05, 4.69) is 0 Å². The van der Waals surface area contributed by atoms with Crippen molar-refractivity contribution in [1.82, 2.24) is 0 Å². The predicted octanol–water partition coefficient (Wildman–Crippen LogP) is -4.97. The Morgan fingerprint density at radius 2 is 0.586 bits per heavy atom. The minimum Gasteiger partial charge on any atom is -0.481 e. The molecular weight excluding hydrogens is 416 g/mol. The maximum absolute atomic E-state index is 10.3. The summed E-state index contributed by atoms with van der Waals surface area (Å²) in [6, 6.07) is 0. The minimum absolute atomic E-state index is 0. The van der Waals surface area contributed by atoms with Crippen molar-refractivity contribution in [3.05, 3.63) is 0 Å². The van der Waals surface area contributed by atoms with Crippen molar-refractivity contribution in [1.29, 1.82) is 0 Å². The van der Waals surface area contributed by atoms with Crippen LogP contribution in [-0.2, 0) is 28.8 Å². The smallest absolute Gasteiger partial charge is 0.336 e. The average molecular weight is 438 g/mol. The molecule has 0 bridgehead atoms. The van der Waals surface area contributed by atoms with Gasteiger partial charge in [0.15, 0.2) is 11.2 Å². The summed E-state index contributed by atoms with van der Waals surface area (Å²) in [6.07, 6.45) is -4.58. The number of carboxylic acid groups (broad SMARTS) is 6. The monoisotopic (exact) mass is 438 g/mol. The van der Waals surface area contributed by atoms with Crippen LogP contribution in [0, 0.1) is 0 Å². The zero-order valence-electron chi connectivity index (χ0n) is 14.4. The highest BCUT2D eigenvalue weighted by Gasteiger charge is 2.41. The first-order chi connectivity index (χ1) is 11.6. The van der Waals surface area contributed by atoms with Crippen LogP contribution < -0.4 is 0 Å². The highest BCUT2D eigenvalue weighted by Crippen LogP contribution is 2.16. The van der Waals surface area contributed by atoms with E-state index in [4.69, 9.17) is 40.9 Å². The van der Waals surface area contributed by atoms with E-state index in [0.29, 0.717) is 0 Å². The molecule has 17 nitrogen and oxygen atoms in total. The SMILES string of the molecule is O.O.O.O=C(O)CC(O)(CC(=O)O)C(=O)O.O=C(O)CC(O)(CC(=O)O)C(=O)O. The molecule has 0 rings (SSSR count). The molecule has 0 radical (unpaired) electrons. The van der Waals surface area contributed by atoms with E-state index in [1.165, 1.54) is 0 Å². The van der Waals surface area contributed by atoms with Gasteiger partial charge in [-0.1, -0.05) is 0 Å². The lowest BCUT2D eigenvalue weighted by Crippen LogP contribution is -2.42. The Balaban J connectivity index is -0.000000120. The molecule has 0 spiro atoms. The molecule has 29 heavy (non-hydrogen) atoms. The highest BCUT2D eigenvalue weighted by molar-refractivity contribution is 5.88. The largest absolute Gasteiger partial charge is 0.481 e. The number of carboxylic acids is 6. The van der Waals surface area contributed by atoms with E-state index in [9.17, 15) is 28.8 Å². The Morgan fingerprint density at radius 3 is 0.655 bits per heavy atom. The summed E-state index contributed by atoms with van der Waals surface area (Å²) < 4.78 is 0. The van der Waals surface area contributed by atoms with Crippen molar-refractivity contribution < 1.29 is 86.0 Å². The third-order valence-corrected chi connectivity index (χ3v) is 2.57. The molecule has 0 aromatic heterocycles. The van der Waals surface area contributed by atoms with Gasteiger partial charge in [-0.2, -0.15) is 0 Å². The molecule has 0 fully saturated rings. The molecule has 0 saturated carbocycles. The molecule has 17 heteroatoms. The number of rotatable bonds is 10. The van der Waals surface area contributed by atoms with E-state index < -0.39 is 72.7 Å². The van der Waals surface area contributed by atoms with Crippen molar-refractivity contribution >= 4 is 35.8 Å². The Hall–Kier alpha value is -3.38. The summed E-state index contributed by atoms with van der Waals surface area (Å²) in [4.78, 5) is 61.0. The lowest BCUT2D eigenvalue weighted by Gasteiger charge is -2.18. The van der Waals surface area contributed by atoms with Crippen LogP contribution in [-0.4, -0.2) is 104 Å². The zero-order valence-corrected chi connectivity index (χ0v) is 14.4. The Bertz CT molecular complexity index is 509.